The van der Waals surface area contributed by atoms with Crippen LogP contribution in [0.3, 0.4) is 0 Å². The molecule has 4 heteroatoms. The van der Waals surface area contributed by atoms with E-state index in [1.807, 2.05) is 25.1 Å². The molecule has 134 valence electrons. The SMILES string of the molecule is CCNC(=O)[C@H]1[C@@H]2C[C@@]3(Oc4ccccc42)N1c1ccccc1C3(C)C. The summed E-state index contributed by atoms with van der Waals surface area (Å²) >= 11 is 0. The Hall–Kier alpha value is -2.49. The van der Waals surface area contributed by atoms with Gasteiger partial charge in [0.1, 0.15) is 11.8 Å². The van der Waals surface area contributed by atoms with Crippen LogP contribution >= 0.6 is 0 Å². The van der Waals surface area contributed by atoms with Crippen LogP contribution in [-0.4, -0.2) is 24.2 Å². The Bertz CT molecular complexity index is 907. The van der Waals surface area contributed by atoms with Gasteiger partial charge in [-0.15, -0.1) is 0 Å². The fraction of sp³-hybridized carbons (Fsp3) is 0.409. The Balaban J connectivity index is 1.77. The van der Waals surface area contributed by atoms with Gasteiger partial charge >= 0.3 is 0 Å². The van der Waals surface area contributed by atoms with Gasteiger partial charge in [-0.25, -0.2) is 0 Å². The highest BCUT2D eigenvalue weighted by atomic mass is 16.5. The molecule has 2 aromatic rings. The molecular formula is C22H24N2O2. The Labute approximate surface area is 154 Å². The molecule has 3 aliphatic heterocycles. The van der Waals surface area contributed by atoms with Crippen LogP contribution in [0.2, 0.25) is 0 Å². The molecule has 26 heavy (non-hydrogen) atoms. The van der Waals surface area contributed by atoms with E-state index in [0.717, 1.165) is 23.4 Å². The first-order chi connectivity index (χ1) is 12.5. The number of carbonyl (C=O) groups is 1. The van der Waals surface area contributed by atoms with Crippen LogP contribution in [0, 0.1) is 0 Å². The zero-order chi connectivity index (χ0) is 18.1. The number of hydrogen-bond acceptors (Lipinski definition) is 3. The molecule has 1 amide bonds. The highest BCUT2D eigenvalue weighted by Gasteiger charge is 2.70. The lowest BCUT2D eigenvalue weighted by molar-refractivity contribution is -0.122. The van der Waals surface area contributed by atoms with Crippen LogP contribution in [0.4, 0.5) is 5.69 Å². The molecule has 0 saturated carbocycles. The first-order valence-electron chi connectivity index (χ1n) is 9.46. The summed E-state index contributed by atoms with van der Waals surface area (Å²) in [6.45, 7) is 7.10. The fourth-order valence-corrected chi connectivity index (χ4v) is 5.37. The fourth-order valence-electron chi connectivity index (χ4n) is 5.37. The molecular weight excluding hydrogens is 324 g/mol. The molecule has 3 atom stereocenters. The normalized spacial score (nSPS) is 29.4. The number of carbonyl (C=O) groups excluding carboxylic acids is 1. The number of ether oxygens (including phenoxy) is 1. The molecule has 3 heterocycles. The first-order valence-corrected chi connectivity index (χ1v) is 9.46. The third-order valence-corrected chi connectivity index (χ3v) is 6.58. The van der Waals surface area contributed by atoms with Gasteiger partial charge in [-0.05, 0) is 38.5 Å². The molecule has 0 aliphatic carbocycles. The first kappa shape index (κ1) is 15.7. The number of hydrogen-bond donors (Lipinski definition) is 1. The highest BCUT2D eigenvalue weighted by molar-refractivity contribution is 5.90. The molecule has 0 unspecified atom stereocenters. The van der Waals surface area contributed by atoms with Crippen molar-refractivity contribution in [3.05, 3.63) is 59.7 Å². The largest absolute Gasteiger partial charge is 0.467 e. The number of fused-ring (bicyclic) bond motifs is 5. The molecule has 1 saturated heterocycles. The predicted molar refractivity (Wildman–Crippen MR) is 102 cm³/mol. The van der Waals surface area contributed by atoms with E-state index in [0.29, 0.717) is 6.54 Å². The van der Waals surface area contributed by atoms with Crippen LogP contribution in [0.15, 0.2) is 48.5 Å². The minimum atomic E-state index is -0.522. The van der Waals surface area contributed by atoms with Crippen LogP contribution in [0.5, 0.6) is 5.75 Å². The van der Waals surface area contributed by atoms with Crippen molar-refractivity contribution in [2.24, 2.45) is 0 Å². The van der Waals surface area contributed by atoms with E-state index in [-0.39, 0.29) is 23.3 Å². The van der Waals surface area contributed by atoms with Crippen molar-refractivity contribution >= 4 is 11.6 Å². The number of likely N-dealkylation sites (N-methyl/N-ethyl adjacent to an activating group) is 1. The van der Waals surface area contributed by atoms with E-state index >= 15 is 0 Å². The molecule has 3 aliphatic rings. The van der Waals surface area contributed by atoms with Crippen molar-refractivity contribution in [1.82, 2.24) is 5.32 Å². The minimum Gasteiger partial charge on any atom is -0.467 e. The van der Waals surface area contributed by atoms with E-state index in [1.165, 1.54) is 5.56 Å². The van der Waals surface area contributed by atoms with Crippen LogP contribution < -0.4 is 15.0 Å². The summed E-state index contributed by atoms with van der Waals surface area (Å²) in [6.07, 6.45) is 0.827. The predicted octanol–water partition coefficient (Wildman–Crippen LogP) is 3.57. The number of para-hydroxylation sites is 2. The van der Waals surface area contributed by atoms with E-state index in [4.69, 9.17) is 4.74 Å². The Morgan fingerprint density at radius 1 is 1.19 bits per heavy atom. The van der Waals surface area contributed by atoms with Gasteiger partial charge in [0, 0.05) is 30.1 Å². The number of nitrogens with zero attached hydrogens (tertiary/aromatic N) is 1. The summed E-state index contributed by atoms with van der Waals surface area (Å²) in [5.41, 5.74) is 2.80. The summed E-state index contributed by atoms with van der Waals surface area (Å²) in [5, 5.41) is 3.06. The number of benzene rings is 2. The second-order valence-corrected chi connectivity index (χ2v) is 8.09. The van der Waals surface area contributed by atoms with Gasteiger partial charge in [0.15, 0.2) is 5.72 Å². The van der Waals surface area contributed by atoms with Crippen molar-refractivity contribution < 1.29 is 9.53 Å². The zero-order valence-electron chi connectivity index (χ0n) is 15.5. The average Bonchev–Trinajstić information content (AvgIpc) is 3.01. The second-order valence-electron chi connectivity index (χ2n) is 8.09. The van der Waals surface area contributed by atoms with Gasteiger partial charge in [0.25, 0.3) is 0 Å². The van der Waals surface area contributed by atoms with Gasteiger partial charge < -0.3 is 15.0 Å². The second kappa shape index (κ2) is 5.03. The lowest BCUT2D eigenvalue weighted by Crippen LogP contribution is -2.59. The summed E-state index contributed by atoms with van der Waals surface area (Å²) in [4.78, 5) is 15.4. The number of rotatable bonds is 2. The van der Waals surface area contributed by atoms with Crippen molar-refractivity contribution in [2.45, 2.75) is 50.3 Å². The molecule has 0 aromatic heterocycles. The van der Waals surface area contributed by atoms with E-state index in [1.54, 1.807) is 0 Å². The lowest BCUT2D eigenvalue weighted by atomic mass is 9.73. The molecule has 4 nitrogen and oxygen atoms in total. The third-order valence-electron chi connectivity index (χ3n) is 6.58. The number of nitrogens with one attached hydrogen (secondary N) is 1. The minimum absolute atomic E-state index is 0.0900. The van der Waals surface area contributed by atoms with Gasteiger partial charge in [0.2, 0.25) is 5.91 Å². The third kappa shape index (κ3) is 1.67. The van der Waals surface area contributed by atoms with E-state index in [9.17, 15) is 4.79 Å². The van der Waals surface area contributed by atoms with E-state index in [2.05, 4.69) is 54.4 Å². The van der Waals surface area contributed by atoms with Crippen molar-refractivity contribution in [2.75, 3.05) is 11.4 Å². The maximum atomic E-state index is 13.1. The van der Waals surface area contributed by atoms with Crippen LogP contribution in [0.1, 0.15) is 44.2 Å². The zero-order valence-corrected chi connectivity index (χ0v) is 15.5. The molecule has 1 fully saturated rings. The number of anilines is 1. The van der Waals surface area contributed by atoms with E-state index < -0.39 is 5.72 Å². The Kier molecular flexibility index (Phi) is 3.04. The molecule has 2 bridgehead atoms. The van der Waals surface area contributed by atoms with Gasteiger partial charge in [-0.2, -0.15) is 0 Å². The molecule has 1 N–H and O–H groups in total. The van der Waals surface area contributed by atoms with Gasteiger partial charge in [-0.1, -0.05) is 36.4 Å². The Morgan fingerprint density at radius 2 is 1.92 bits per heavy atom. The maximum Gasteiger partial charge on any atom is 0.243 e. The monoisotopic (exact) mass is 348 g/mol. The molecule has 0 radical (unpaired) electrons. The highest BCUT2D eigenvalue weighted by Crippen LogP contribution is 2.64. The molecule has 2 aromatic carbocycles. The maximum absolute atomic E-state index is 13.1. The summed E-state index contributed by atoms with van der Waals surface area (Å²) in [5.74, 6) is 1.15. The molecule has 5 rings (SSSR count). The summed E-state index contributed by atoms with van der Waals surface area (Å²) in [6, 6.07) is 16.4. The Morgan fingerprint density at radius 3 is 2.73 bits per heavy atom. The van der Waals surface area contributed by atoms with Crippen molar-refractivity contribution in [1.29, 1.82) is 0 Å². The lowest BCUT2D eigenvalue weighted by Gasteiger charge is -2.45. The van der Waals surface area contributed by atoms with Crippen molar-refractivity contribution in [3.8, 4) is 5.75 Å². The standard InChI is InChI=1S/C22H24N2O2/c1-4-23-20(25)19-15-13-22(26-18-12-8-5-9-14(15)18)21(2,3)16-10-6-7-11-17(16)24(19)22/h5-12,15,19H,4,13H2,1-3H3,(H,23,25)/t15-,19-,22+/m1/s1. The number of amides is 1. The van der Waals surface area contributed by atoms with Gasteiger partial charge in [0.05, 0.1) is 5.41 Å². The summed E-state index contributed by atoms with van der Waals surface area (Å²) in [7, 11) is 0. The smallest absolute Gasteiger partial charge is 0.243 e. The topological polar surface area (TPSA) is 41.6 Å². The van der Waals surface area contributed by atoms with Crippen LogP contribution in [-0.2, 0) is 10.2 Å². The summed E-state index contributed by atoms with van der Waals surface area (Å²) < 4.78 is 6.74. The van der Waals surface area contributed by atoms with Crippen LogP contribution in [0.25, 0.3) is 0 Å². The molecule has 1 spiro atoms. The quantitative estimate of drug-likeness (QED) is 0.902. The van der Waals surface area contributed by atoms with Crippen molar-refractivity contribution in [3.63, 3.8) is 0 Å². The van der Waals surface area contributed by atoms with Gasteiger partial charge in [-0.3, -0.25) is 4.79 Å². The average molecular weight is 348 g/mol.